The summed E-state index contributed by atoms with van der Waals surface area (Å²) in [7, 11) is 6.46. The Labute approximate surface area is 247 Å². The Morgan fingerprint density at radius 3 is 1.57 bits per heavy atom. The van der Waals surface area contributed by atoms with Crippen LogP contribution in [0.4, 0.5) is 11.4 Å². The van der Waals surface area contributed by atoms with Crippen LogP contribution in [0.5, 0.6) is 0 Å². The van der Waals surface area contributed by atoms with Crippen molar-refractivity contribution in [2.75, 3.05) is 76.8 Å². The van der Waals surface area contributed by atoms with Crippen LogP contribution >= 0.6 is 48.9 Å². The molecule has 0 aromatic heterocycles. The zero-order valence-corrected chi connectivity index (χ0v) is 28.1. The summed E-state index contributed by atoms with van der Waals surface area (Å²) in [6, 6.07) is 0. The summed E-state index contributed by atoms with van der Waals surface area (Å²) in [6.07, 6.45) is 2.21. The Morgan fingerprint density at radius 2 is 1.08 bits per heavy atom. The highest BCUT2D eigenvalue weighted by molar-refractivity contribution is 7.74. The summed E-state index contributed by atoms with van der Waals surface area (Å²) in [6.45, 7) is 22.8. The minimum absolute atomic E-state index is 0.0100. The maximum atomic E-state index is 5.74. The topological polar surface area (TPSA) is 13.0 Å². The molecular formula is C29H48N4S4. The zero-order valence-electron chi connectivity index (χ0n) is 24.8. The van der Waals surface area contributed by atoms with E-state index in [1.165, 1.54) is 22.5 Å². The second kappa shape index (κ2) is 13.1. The number of rotatable bonds is 15. The molecule has 0 N–H and O–H groups in total. The van der Waals surface area contributed by atoms with E-state index in [0.717, 1.165) is 76.7 Å². The largest absolute Gasteiger partial charge is 0.372 e. The van der Waals surface area contributed by atoms with Crippen LogP contribution in [-0.4, -0.2) is 76.8 Å². The fourth-order valence-electron chi connectivity index (χ4n) is 5.10. The van der Waals surface area contributed by atoms with Gasteiger partial charge in [-0.1, -0.05) is 97.3 Å². The number of nitrogens with zero attached hydrogens (tertiary/aromatic N) is 4. The normalized spacial score (nSPS) is 12.9. The smallest absolute Gasteiger partial charge is 0.0798 e. The first-order valence-corrected chi connectivity index (χ1v) is 15.2. The lowest BCUT2D eigenvalue weighted by Crippen LogP contribution is -2.36. The van der Waals surface area contributed by atoms with Crippen LogP contribution in [0.25, 0.3) is 0 Å². The van der Waals surface area contributed by atoms with E-state index in [4.69, 9.17) is 48.9 Å². The van der Waals surface area contributed by atoms with Crippen molar-refractivity contribution in [3.63, 3.8) is 0 Å². The van der Waals surface area contributed by atoms with Gasteiger partial charge in [0.05, 0.1) is 29.4 Å². The zero-order chi connectivity index (χ0) is 28.3. The summed E-state index contributed by atoms with van der Waals surface area (Å²) in [5.41, 5.74) is 4.93. The second-order valence-electron chi connectivity index (χ2n) is 12.2. The van der Waals surface area contributed by atoms with Crippen molar-refractivity contribution < 1.29 is 0 Å². The van der Waals surface area contributed by atoms with Gasteiger partial charge >= 0.3 is 0 Å². The van der Waals surface area contributed by atoms with Crippen LogP contribution in [0.15, 0.2) is 0 Å². The molecule has 4 nitrogen and oxygen atoms in total. The van der Waals surface area contributed by atoms with Crippen molar-refractivity contribution in [2.45, 2.75) is 72.1 Å². The van der Waals surface area contributed by atoms with Gasteiger partial charge in [-0.15, -0.1) is 0 Å². The first-order valence-electron chi connectivity index (χ1n) is 13.6. The maximum Gasteiger partial charge on any atom is 0.0798 e. The van der Waals surface area contributed by atoms with Gasteiger partial charge in [-0.2, -0.15) is 0 Å². The molecule has 0 atom stereocenters. The molecule has 2 aromatic carbocycles. The van der Waals surface area contributed by atoms with Gasteiger partial charge in [0.2, 0.25) is 0 Å². The van der Waals surface area contributed by atoms with Crippen LogP contribution < -0.4 is 9.80 Å². The Kier molecular flexibility index (Phi) is 11.6. The average molecular weight is 581 g/mol. The Bertz CT molecular complexity index is 1190. The molecule has 0 heterocycles. The molecule has 37 heavy (non-hydrogen) atoms. The van der Waals surface area contributed by atoms with E-state index in [1.54, 1.807) is 0 Å². The van der Waals surface area contributed by atoms with Crippen molar-refractivity contribution >= 4 is 60.2 Å². The van der Waals surface area contributed by atoms with Crippen molar-refractivity contribution in [3.8, 4) is 0 Å². The first-order chi connectivity index (χ1) is 17.1. The summed E-state index contributed by atoms with van der Waals surface area (Å²) in [5.74, 6) is 0. The average Bonchev–Trinajstić information content (AvgIpc) is 2.83. The van der Waals surface area contributed by atoms with Gasteiger partial charge in [0, 0.05) is 51.4 Å². The predicted octanol–water partition coefficient (Wildman–Crippen LogP) is 7.56. The summed E-state index contributed by atoms with van der Waals surface area (Å²) in [5, 5.41) is 0. The standard InChI is InChI=1S/C29H48N4S4/c1-11-30(8)16-17-31(9)23-21(25(35)27(23)37)29(6,7)14-13-15-33(12-2)19-18-32(10)22-20(28(3,4)5)24(34)26(22)36/h11-19H2,1-10H3. The van der Waals surface area contributed by atoms with Crippen molar-refractivity contribution in [1.82, 2.24) is 9.80 Å². The number of hydrogen-bond acceptors (Lipinski definition) is 8. The molecule has 0 amide bonds. The van der Waals surface area contributed by atoms with E-state index >= 15 is 0 Å². The minimum Gasteiger partial charge on any atom is -0.372 e. The van der Waals surface area contributed by atoms with Crippen LogP contribution in [-0.2, 0) is 10.8 Å². The Hall–Kier alpha value is -0.640. The first kappa shape index (κ1) is 32.6. The number of likely N-dealkylation sites (N-methyl/N-ethyl adjacent to an activating group) is 4. The van der Waals surface area contributed by atoms with Crippen LogP contribution in [0, 0.1) is 18.0 Å². The molecule has 0 spiro atoms. The Balaban J connectivity index is 1.98. The van der Waals surface area contributed by atoms with Crippen molar-refractivity contribution in [1.29, 1.82) is 0 Å². The summed E-state index contributed by atoms with van der Waals surface area (Å²) in [4.78, 5) is 9.48. The van der Waals surface area contributed by atoms with Gasteiger partial charge in [0.1, 0.15) is 0 Å². The lowest BCUT2D eigenvalue weighted by atomic mass is 9.77. The van der Waals surface area contributed by atoms with Crippen LogP contribution in [0.1, 0.15) is 72.4 Å². The van der Waals surface area contributed by atoms with Crippen LogP contribution in [0.3, 0.4) is 0 Å². The van der Waals surface area contributed by atoms with Gasteiger partial charge in [-0.3, -0.25) is 0 Å². The fraction of sp³-hybridized carbons (Fsp3) is 0.724. The van der Waals surface area contributed by atoms with Gasteiger partial charge in [0.25, 0.3) is 0 Å². The number of hydrogen-bond donors (Lipinski definition) is 0. The van der Waals surface area contributed by atoms with Gasteiger partial charge in [-0.05, 0) is 50.4 Å². The molecule has 2 rings (SSSR count). The molecule has 0 radical (unpaired) electrons. The summed E-state index contributed by atoms with van der Waals surface area (Å²) >= 11 is 22.6. The highest BCUT2D eigenvalue weighted by Gasteiger charge is 2.32. The van der Waals surface area contributed by atoms with Gasteiger partial charge in [-0.25, -0.2) is 0 Å². The van der Waals surface area contributed by atoms with Crippen molar-refractivity contribution in [3.05, 3.63) is 29.2 Å². The van der Waals surface area contributed by atoms with Crippen LogP contribution in [0.2, 0.25) is 0 Å². The van der Waals surface area contributed by atoms with E-state index in [-0.39, 0.29) is 10.8 Å². The third-order valence-corrected chi connectivity index (χ3v) is 9.66. The number of anilines is 2. The molecule has 0 aliphatic rings. The predicted molar refractivity (Wildman–Crippen MR) is 174 cm³/mol. The molecular weight excluding hydrogens is 533 g/mol. The molecule has 0 saturated carbocycles. The molecule has 0 saturated heterocycles. The molecule has 0 bridgehead atoms. The SMILES string of the molecule is CCN(C)CCN(C)c1c(C(C)(C)CCCN(CC)CCN(C)c2c(C(C)(C)C)c(=S)c2=S)c(=S)c1=S. The second-order valence-corrected chi connectivity index (χ2v) is 13.8. The molecule has 0 aliphatic carbocycles. The maximum absolute atomic E-state index is 5.74. The highest BCUT2D eigenvalue weighted by atomic mass is 32.1. The molecule has 0 unspecified atom stereocenters. The third kappa shape index (κ3) is 7.52. The monoisotopic (exact) mass is 580 g/mol. The van der Waals surface area contributed by atoms with E-state index in [2.05, 4.69) is 89.2 Å². The van der Waals surface area contributed by atoms with Gasteiger partial charge < -0.3 is 19.6 Å². The molecule has 0 aliphatic heterocycles. The molecule has 208 valence electrons. The van der Waals surface area contributed by atoms with E-state index in [1.807, 2.05) is 0 Å². The van der Waals surface area contributed by atoms with Gasteiger partial charge in [0.15, 0.2) is 0 Å². The highest BCUT2D eigenvalue weighted by Crippen LogP contribution is 2.42. The quantitative estimate of drug-likeness (QED) is 0.198. The Morgan fingerprint density at radius 1 is 0.595 bits per heavy atom. The van der Waals surface area contributed by atoms with E-state index in [9.17, 15) is 0 Å². The molecule has 2 aromatic rings. The molecule has 8 heteroatoms. The van der Waals surface area contributed by atoms with Crippen molar-refractivity contribution in [2.24, 2.45) is 0 Å². The molecule has 0 fully saturated rings. The third-order valence-electron chi connectivity index (χ3n) is 7.79. The minimum atomic E-state index is 0.0100. The fourth-order valence-corrected chi connectivity index (χ4v) is 6.79. The van der Waals surface area contributed by atoms with E-state index < -0.39 is 0 Å². The lowest BCUT2D eigenvalue weighted by molar-refractivity contribution is 0.276. The van der Waals surface area contributed by atoms with E-state index in [0.29, 0.717) is 0 Å². The lowest BCUT2D eigenvalue weighted by Gasteiger charge is -2.36. The summed E-state index contributed by atoms with van der Waals surface area (Å²) < 4.78 is 3.51.